The third kappa shape index (κ3) is 3.06. The van der Waals surface area contributed by atoms with Gasteiger partial charge < -0.3 is 5.73 Å². The van der Waals surface area contributed by atoms with Gasteiger partial charge in [0.05, 0.1) is 0 Å². The topological polar surface area (TPSA) is 58.4 Å². The maximum Gasteiger partial charge on any atom is 0.326 e. The highest BCUT2D eigenvalue weighted by atomic mass is 16.2. The van der Waals surface area contributed by atoms with Gasteiger partial charge in [-0.2, -0.15) is 0 Å². The Balaban J connectivity index is 2.45. The van der Waals surface area contributed by atoms with Crippen molar-refractivity contribution < 1.29 is 4.79 Å². The first-order chi connectivity index (χ1) is 6.24. The zero-order valence-corrected chi connectivity index (χ0v) is 7.83. The highest BCUT2D eigenvalue weighted by Gasteiger charge is 2.21. The normalized spacial score (nSPS) is 23.8. The monoisotopic (exact) mass is 183 g/mol. The predicted molar refractivity (Wildman–Crippen MR) is 51.9 cm³/mol. The summed E-state index contributed by atoms with van der Waals surface area (Å²) in [5, 5.41) is 1.92. The molecule has 0 aliphatic carbocycles. The molecule has 1 aliphatic heterocycles. The van der Waals surface area contributed by atoms with Crippen molar-refractivity contribution in [3.63, 3.8) is 0 Å². The molecule has 4 heteroatoms. The Morgan fingerprint density at radius 2 is 2.46 bits per heavy atom. The molecule has 1 fully saturated rings. The summed E-state index contributed by atoms with van der Waals surface area (Å²) in [6, 6.07) is -0.102. The first-order valence-electron chi connectivity index (χ1n) is 4.67. The van der Waals surface area contributed by atoms with Gasteiger partial charge >= 0.3 is 6.03 Å². The van der Waals surface area contributed by atoms with Gasteiger partial charge in [0, 0.05) is 12.6 Å². The lowest BCUT2D eigenvalue weighted by atomic mass is 10.0. The number of amides is 2. The molecule has 13 heavy (non-hydrogen) atoms. The summed E-state index contributed by atoms with van der Waals surface area (Å²) < 4.78 is 0. The zero-order valence-electron chi connectivity index (χ0n) is 7.83. The van der Waals surface area contributed by atoms with Gasteiger partial charge in [-0.1, -0.05) is 12.5 Å². The molecule has 4 nitrogen and oxygen atoms in total. The van der Waals surface area contributed by atoms with E-state index in [0.717, 1.165) is 25.8 Å². The lowest BCUT2D eigenvalue weighted by molar-refractivity contribution is 0.101. The molecule has 1 heterocycles. The molecule has 0 saturated carbocycles. The Morgan fingerprint density at radius 3 is 3.08 bits per heavy atom. The molecule has 1 rings (SSSR count). The maximum atomic E-state index is 10.7. The van der Waals surface area contributed by atoms with Crippen LogP contribution in [-0.4, -0.2) is 23.6 Å². The van der Waals surface area contributed by atoms with E-state index in [9.17, 15) is 4.79 Å². The van der Waals surface area contributed by atoms with Crippen LogP contribution in [-0.2, 0) is 0 Å². The number of rotatable bonds is 3. The van der Waals surface area contributed by atoms with E-state index in [2.05, 4.69) is 12.0 Å². The van der Waals surface area contributed by atoms with Crippen molar-refractivity contribution >= 4 is 6.03 Å². The van der Waals surface area contributed by atoms with Gasteiger partial charge in [-0.3, -0.25) is 5.43 Å². The standard InChI is InChI=1S/C9H17N3O/c1-2-5-8-6-3-4-7-12(8)11-9(10)13/h2,8H,1,3-7H2,(H3,10,11,13). The Kier molecular flexibility index (Phi) is 3.76. The largest absolute Gasteiger partial charge is 0.351 e. The molecule has 0 spiro atoms. The van der Waals surface area contributed by atoms with Gasteiger partial charge in [-0.25, -0.2) is 9.80 Å². The minimum absolute atomic E-state index is 0.374. The Labute approximate surface area is 78.7 Å². The minimum Gasteiger partial charge on any atom is -0.351 e. The zero-order chi connectivity index (χ0) is 9.68. The van der Waals surface area contributed by atoms with Gasteiger partial charge in [-0.15, -0.1) is 6.58 Å². The molecule has 1 aliphatic rings. The van der Waals surface area contributed by atoms with Crippen LogP contribution in [0.1, 0.15) is 25.7 Å². The van der Waals surface area contributed by atoms with Gasteiger partial charge in [0.15, 0.2) is 0 Å². The fourth-order valence-electron chi connectivity index (χ4n) is 1.73. The molecule has 3 N–H and O–H groups in total. The molecule has 1 unspecified atom stereocenters. The number of primary amides is 1. The molecule has 74 valence electrons. The van der Waals surface area contributed by atoms with Gasteiger partial charge in [0.1, 0.15) is 0 Å². The first kappa shape index (κ1) is 10.1. The highest BCUT2D eigenvalue weighted by Crippen LogP contribution is 2.17. The SMILES string of the molecule is C=CCC1CCCCN1NC(N)=O. The third-order valence-corrected chi connectivity index (χ3v) is 2.32. The van der Waals surface area contributed by atoms with E-state index in [4.69, 9.17) is 5.73 Å². The number of piperidine rings is 1. The van der Waals surface area contributed by atoms with Crippen LogP contribution in [0.15, 0.2) is 12.7 Å². The molecule has 0 radical (unpaired) electrons. The Morgan fingerprint density at radius 1 is 1.69 bits per heavy atom. The van der Waals surface area contributed by atoms with Crippen LogP contribution < -0.4 is 11.2 Å². The van der Waals surface area contributed by atoms with Crippen molar-refractivity contribution in [3.8, 4) is 0 Å². The van der Waals surface area contributed by atoms with Crippen molar-refractivity contribution in [2.24, 2.45) is 5.73 Å². The van der Waals surface area contributed by atoms with Crippen molar-refractivity contribution in [1.82, 2.24) is 10.4 Å². The van der Waals surface area contributed by atoms with E-state index in [-0.39, 0.29) is 0 Å². The Bertz CT molecular complexity index is 193. The second kappa shape index (κ2) is 4.87. The molecule has 0 aromatic rings. The van der Waals surface area contributed by atoms with Crippen LogP contribution in [0.25, 0.3) is 0 Å². The molecule has 2 amide bonds. The summed E-state index contributed by atoms with van der Waals surface area (Å²) in [6.07, 6.45) is 6.22. The highest BCUT2D eigenvalue weighted by molar-refractivity contribution is 5.71. The maximum absolute atomic E-state index is 10.7. The van der Waals surface area contributed by atoms with Crippen LogP contribution in [0.4, 0.5) is 4.79 Å². The summed E-state index contributed by atoms with van der Waals surface area (Å²) in [4.78, 5) is 10.7. The lowest BCUT2D eigenvalue weighted by Crippen LogP contribution is -2.52. The molecule has 0 bridgehead atoms. The first-order valence-corrected chi connectivity index (χ1v) is 4.67. The number of urea groups is 1. The van der Waals surface area contributed by atoms with E-state index in [0.29, 0.717) is 6.04 Å². The number of hydrogen-bond donors (Lipinski definition) is 2. The van der Waals surface area contributed by atoms with E-state index in [1.54, 1.807) is 0 Å². The summed E-state index contributed by atoms with van der Waals surface area (Å²) in [5.41, 5.74) is 7.71. The van der Waals surface area contributed by atoms with Crippen molar-refractivity contribution in [2.45, 2.75) is 31.7 Å². The predicted octanol–water partition coefficient (Wildman–Crippen LogP) is 1.00. The number of carbonyl (C=O) groups is 1. The number of hydrogen-bond acceptors (Lipinski definition) is 2. The third-order valence-electron chi connectivity index (χ3n) is 2.32. The second-order valence-corrected chi connectivity index (χ2v) is 3.34. The van der Waals surface area contributed by atoms with Crippen LogP contribution in [0, 0.1) is 0 Å². The smallest absolute Gasteiger partial charge is 0.326 e. The van der Waals surface area contributed by atoms with Gasteiger partial charge in [0.2, 0.25) is 0 Å². The number of nitrogens with two attached hydrogens (primary N) is 1. The summed E-state index contributed by atoms with van der Waals surface area (Å²) in [6.45, 7) is 4.59. The molecule has 1 atom stereocenters. The summed E-state index contributed by atoms with van der Waals surface area (Å²) in [7, 11) is 0. The van der Waals surface area contributed by atoms with Crippen LogP contribution in [0.2, 0.25) is 0 Å². The summed E-state index contributed by atoms with van der Waals surface area (Å²) >= 11 is 0. The molecular weight excluding hydrogens is 166 g/mol. The van der Waals surface area contributed by atoms with Gasteiger partial charge in [0.25, 0.3) is 0 Å². The van der Waals surface area contributed by atoms with Crippen molar-refractivity contribution in [2.75, 3.05) is 6.54 Å². The average molecular weight is 183 g/mol. The fraction of sp³-hybridized carbons (Fsp3) is 0.667. The van der Waals surface area contributed by atoms with Crippen molar-refractivity contribution in [3.05, 3.63) is 12.7 Å². The van der Waals surface area contributed by atoms with Gasteiger partial charge in [-0.05, 0) is 19.3 Å². The second-order valence-electron chi connectivity index (χ2n) is 3.34. The lowest BCUT2D eigenvalue weighted by Gasteiger charge is -2.34. The van der Waals surface area contributed by atoms with E-state index >= 15 is 0 Å². The fourth-order valence-corrected chi connectivity index (χ4v) is 1.73. The molecule has 0 aromatic carbocycles. The minimum atomic E-state index is -0.476. The average Bonchev–Trinajstić information content (AvgIpc) is 2.08. The summed E-state index contributed by atoms with van der Waals surface area (Å²) in [5.74, 6) is 0. The number of carbonyl (C=O) groups excluding carboxylic acids is 1. The number of nitrogens with one attached hydrogen (secondary N) is 1. The molecular formula is C9H17N3O. The molecule has 1 saturated heterocycles. The van der Waals surface area contributed by atoms with E-state index in [1.165, 1.54) is 6.42 Å². The van der Waals surface area contributed by atoms with Crippen LogP contribution in [0.5, 0.6) is 0 Å². The Hall–Kier alpha value is -1.03. The van der Waals surface area contributed by atoms with E-state index < -0.39 is 6.03 Å². The van der Waals surface area contributed by atoms with Crippen LogP contribution >= 0.6 is 0 Å². The number of nitrogens with zero attached hydrogens (tertiary/aromatic N) is 1. The molecule has 0 aromatic heterocycles. The van der Waals surface area contributed by atoms with Crippen molar-refractivity contribution in [1.29, 1.82) is 0 Å². The quantitative estimate of drug-likeness (QED) is 0.641. The number of hydrazine groups is 1. The van der Waals surface area contributed by atoms with Crippen LogP contribution in [0.3, 0.4) is 0 Å². The van der Waals surface area contributed by atoms with E-state index in [1.807, 2.05) is 11.1 Å².